The van der Waals surface area contributed by atoms with Crippen molar-refractivity contribution in [3.8, 4) is 0 Å². The molecule has 1 N–H and O–H groups in total. The van der Waals surface area contributed by atoms with E-state index in [0.29, 0.717) is 6.61 Å². The summed E-state index contributed by atoms with van der Waals surface area (Å²) in [6, 6.07) is 9.96. The fourth-order valence-electron chi connectivity index (χ4n) is 2.58. The number of benzene rings is 1. The number of carbonyl (C=O) groups excluding carboxylic acids is 1. The number of carboxylic acid groups (broad SMARTS) is 1. The van der Waals surface area contributed by atoms with Gasteiger partial charge in [0.2, 0.25) is 5.91 Å². The molecule has 1 aromatic rings. The molecule has 25 heavy (non-hydrogen) atoms. The van der Waals surface area contributed by atoms with Gasteiger partial charge in [0.1, 0.15) is 6.61 Å². The van der Waals surface area contributed by atoms with E-state index in [-0.39, 0.29) is 19.0 Å². The standard InChI is InChI=1S/C18H26N2O2.CH2O2/c1-2-3-10-19-11-7-12-20(14-13-19)18(21)16-22-15-17-8-5-4-6-9-17;2-1-3/h2-6,8-9H,7,10-16H2,1H3;1H,(H,2,3)/b3-2+;. The molecular weight excluding hydrogens is 320 g/mol. The number of allylic oxidation sites excluding steroid dienone is 1. The summed E-state index contributed by atoms with van der Waals surface area (Å²) in [6.07, 6.45) is 5.27. The molecule has 1 amide bonds. The Balaban J connectivity index is 0.000000970. The summed E-state index contributed by atoms with van der Waals surface area (Å²) in [7, 11) is 0. The number of amides is 1. The average molecular weight is 348 g/mol. The van der Waals surface area contributed by atoms with Crippen LogP contribution in [-0.2, 0) is 20.9 Å². The third kappa shape index (κ3) is 9.02. The Kier molecular flexibility index (Phi) is 11.0. The van der Waals surface area contributed by atoms with E-state index in [1.807, 2.05) is 42.2 Å². The van der Waals surface area contributed by atoms with Crippen molar-refractivity contribution in [3.63, 3.8) is 0 Å². The van der Waals surface area contributed by atoms with Crippen LogP contribution in [0.4, 0.5) is 0 Å². The summed E-state index contributed by atoms with van der Waals surface area (Å²) in [6.45, 7) is 7.05. The van der Waals surface area contributed by atoms with Gasteiger partial charge in [0.15, 0.2) is 0 Å². The molecule has 1 aliphatic rings. The van der Waals surface area contributed by atoms with Crippen LogP contribution in [0.3, 0.4) is 0 Å². The maximum Gasteiger partial charge on any atom is 0.290 e. The van der Waals surface area contributed by atoms with Gasteiger partial charge in [-0.3, -0.25) is 14.5 Å². The molecule has 6 nitrogen and oxygen atoms in total. The van der Waals surface area contributed by atoms with Crippen LogP contribution in [0.25, 0.3) is 0 Å². The van der Waals surface area contributed by atoms with E-state index in [0.717, 1.165) is 44.7 Å². The first-order chi connectivity index (χ1) is 12.2. The van der Waals surface area contributed by atoms with Crippen molar-refractivity contribution in [2.24, 2.45) is 0 Å². The minimum absolute atomic E-state index is 0.101. The van der Waals surface area contributed by atoms with E-state index in [9.17, 15) is 4.79 Å². The largest absolute Gasteiger partial charge is 0.483 e. The fourth-order valence-corrected chi connectivity index (χ4v) is 2.58. The van der Waals surface area contributed by atoms with Crippen molar-refractivity contribution in [2.75, 3.05) is 39.3 Å². The highest BCUT2D eigenvalue weighted by atomic mass is 16.5. The lowest BCUT2D eigenvalue weighted by atomic mass is 10.2. The zero-order chi connectivity index (χ0) is 18.3. The Bertz CT molecular complexity index is 519. The van der Waals surface area contributed by atoms with Gasteiger partial charge in [-0.15, -0.1) is 0 Å². The minimum atomic E-state index is -0.250. The molecular formula is C19H28N2O4. The van der Waals surface area contributed by atoms with Crippen LogP contribution in [0.5, 0.6) is 0 Å². The molecule has 0 unspecified atom stereocenters. The first-order valence-corrected chi connectivity index (χ1v) is 8.52. The molecule has 1 aliphatic heterocycles. The minimum Gasteiger partial charge on any atom is -0.483 e. The normalized spacial score (nSPS) is 15.3. The van der Waals surface area contributed by atoms with Crippen LogP contribution in [0, 0.1) is 0 Å². The molecule has 0 aliphatic carbocycles. The Morgan fingerprint density at radius 2 is 1.92 bits per heavy atom. The highest BCUT2D eigenvalue weighted by Crippen LogP contribution is 2.05. The first kappa shape index (κ1) is 20.9. The fraction of sp³-hybridized carbons (Fsp3) is 0.474. The number of nitrogens with zero attached hydrogens (tertiary/aromatic N) is 2. The van der Waals surface area contributed by atoms with Gasteiger partial charge in [-0.1, -0.05) is 42.5 Å². The van der Waals surface area contributed by atoms with E-state index in [1.165, 1.54) is 0 Å². The molecule has 1 heterocycles. The van der Waals surface area contributed by atoms with Crippen LogP contribution < -0.4 is 0 Å². The summed E-state index contributed by atoms with van der Waals surface area (Å²) in [4.78, 5) is 24.9. The summed E-state index contributed by atoms with van der Waals surface area (Å²) in [5, 5.41) is 6.89. The Hall–Kier alpha value is -2.18. The van der Waals surface area contributed by atoms with Gasteiger partial charge in [-0.2, -0.15) is 0 Å². The van der Waals surface area contributed by atoms with Crippen molar-refractivity contribution in [1.82, 2.24) is 9.80 Å². The molecule has 0 saturated carbocycles. The number of carbonyl (C=O) groups is 2. The van der Waals surface area contributed by atoms with E-state index < -0.39 is 0 Å². The quantitative estimate of drug-likeness (QED) is 0.629. The first-order valence-electron chi connectivity index (χ1n) is 8.52. The van der Waals surface area contributed by atoms with Gasteiger partial charge in [0.25, 0.3) is 6.47 Å². The Morgan fingerprint density at radius 3 is 2.60 bits per heavy atom. The monoisotopic (exact) mass is 348 g/mol. The number of ether oxygens (including phenoxy) is 1. The topological polar surface area (TPSA) is 70.1 Å². The molecule has 2 rings (SSSR count). The molecule has 0 spiro atoms. The Labute approximate surface area is 149 Å². The van der Waals surface area contributed by atoms with E-state index in [4.69, 9.17) is 14.6 Å². The molecule has 1 aromatic carbocycles. The van der Waals surface area contributed by atoms with E-state index in [2.05, 4.69) is 17.1 Å². The lowest BCUT2D eigenvalue weighted by Gasteiger charge is -2.21. The smallest absolute Gasteiger partial charge is 0.290 e. The summed E-state index contributed by atoms with van der Waals surface area (Å²) >= 11 is 0. The van der Waals surface area contributed by atoms with Crippen LogP contribution in [0.1, 0.15) is 18.9 Å². The molecule has 6 heteroatoms. The summed E-state index contributed by atoms with van der Waals surface area (Å²) < 4.78 is 5.55. The van der Waals surface area contributed by atoms with Crippen molar-refractivity contribution < 1.29 is 19.4 Å². The highest BCUT2D eigenvalue weighted by molar-refractivity contribution is 5.77. The Morgan fingerprint density at radius 1 is 1.20 bits per heavy atom. The zero-order valence-electron chi connectivity index (χ0n) is 14.8. The maximum absolute atomic E-state index is 12.2. The molecule has 1 saturated heterocycles. The second kappa shape index (κ2) is 13.1. The molecule has 0 atom stereocenters. The third-order valence-corrected chi connectivity index (χ3v) is 3.88. The van der Waals surface area contributed by atoms with E-state index in [1.54, 1.807) is 0 Å². The van der Waals surface area contributed by atoms with E-state index >= 15 is 0 Å². The number of hydrogen-bond donors (Lipinski definition) is 1. The summed E-state index contributed by atoms with van der Waals surface area (Å²) in [5.41, 5.74) is 1.10. The lowest BCUT2D eigenvalue weighted by Crippen LogP contribution is -2.37. The van der Waals surface area contributed by atoms with Crippen molar-refractivity contribution >= 4 is 12.4 Å². The second-order valence-corrected chi connectivity index (χ2v) is 5.69. The number of hydrogen-bond acceptors (Lipinski definition) is 4. The van der Waals surface area contributed by atoms with Crippen molar-refractivity contribution in [2.45, 2.75) is 20.0 Å². The van der Waals surface area contributed by atoms with Gasteiger partial charge in [0.05, 0.1) is 6.61 Å². The molecule has 0 bridgehead atoms. The highest BCUT2D eigenvalue weighted by Gasteiger charge is 2.18. The van der Waals surface area contributed by atoms with Gasteiger partial charge in [0, 0.05) is 32.7 Å². The van der Waals surface area contributed by atoms with Crippen LogP contribution in [-0.4, -0.2) is 66.6 Å². The lowest BCUT2D eigenvalue weighted by molar-refractivity contribution is -0.136. The predicted molar refractivity (Wildman–Crippen MR) is 97.2 cm³/mol. The van der Waals surface area contributed by atoms with Gasteiger partial charge >= 0.3 is 0 Å². The van der Waals surface area contributed by atoms with Crippen LogP contribution >= 0.6 is 0 Å². The zero-order valence-corrected chi connectivity index (χ0v) is 14.8. The SMILES string of the molecule is C/C=C/CN1CCCN(C(=O)COCc2ccccc2)CC1.O=CO. The van der Waals surface area contributed by atoms with Gasteiger partial charge < -0.3 is 14.7 Å². The third-order valence-electron chi connectivity index (χ3n) is 3.88. The van der Waals surface area contributed by atoms with Crippen molar-refractivity contribution in [1.29, 1.82) is 0 Å². The molecule has 138 valence electrons. The predicted octanol–water partition coefficient (Wildman–Crippen LogP) is 2.01. The van der Waals surface area contributed by atoms with Gasteiger partial charge in [-0.05, 0) is 18.9 Å². The number of rotatable bonds is 6. The molecule has 0 radical (unpaired) electrons. The van der Waals surface area contributed by atoms with Crippen molar-refractivity contribution in [3.05, 3.63) is 48.0 Å². The second-order valence-electron chi connectivity index (χ2n) is 5.69. The molecule has 0 aromatic heterocycles. The van der Waals surface area contributed by atoms with Gasteiger partial charge in [-0.25, -0.2) is 0 Å². The maximum atomic E-state index is 12.2. The summed E-state index contributed by atoms with van der Waals surface area (Å²) in [5.74, 6) is 0.101. The molecule has 1 fully saturated rings. The van der Waals surface area contributed by atoms with Crippen LogP contribution in [0.2, 0.25) is 0 Å². The average Bonchev–Trinajstić information content (AvgIpc) is 2.87. The van der Waals surface area contributed by atoms with Crippen LogP contribution in [0.15, 0.2) is 42.5 Å².